The van der Waals surface area contributed by atoms with Gasteiger partial charge in [0.1, 0.15) is 12.4 Å². The number of aromatic nitrogens is 3. The number of hydroxylamine groups is 2. The lowest BCUT2D eigenvalue weighted by atomic mass is 10.1. The molecule has 0 radical (unpaired) electrons. The van der Waals surface area contributed by atoms with E-state index in [1.165, 1.54) is 16.7 Å². The Balaban J connectivity index is 1.51. The number of hydrogen-bond donors (Lipinski definition) is 0. The Morgan fingerprint density at radius 2 is 1.76 bits per heavy atom. The van der Waals surface area contributed by atoms with Gasteiger partial charge in [0.05, 0.1) is 11.1 Å². The van der Waals surface area contributed by atoms with Gasteiger partial charge in [-0.3, -0.25) is 14.2 Å². The Kier molecular flexibility index (Phi) is 3.48. The third-order valence-corrected chi connectivity index (χ3v) is 4.26. The van der Waals surface area contributed by atoms with Gasteiger partial charge in [0.15, 0.2) is 0 Å². The fourth-order valence-electron chi connectivity index (χ4n) is 3.05. The molecule has 128 valence electrons. The number of aryl methyl sites for hydroxylation is 1. The average molecular weight is 342 g/mol. The number of carbonyl (C=O) groups excluding carboxylic acids is 3. The zero-order chi connectivity index (χ0) is 17.6. The first-order valence-electron chi connectivity index (χ1n) is 7.91. The second-order valence-electron chi connectivity index (χ2n) is 5.88. The Hall–Kier alpha value is -3.23. The van der Waals surface area contributed by atoms with Crippen LogP contribution in [0.15, 0.2) is 29.1 Å². The minimum absolute atomic E-state index is 0.176. The van der Waals surface area contributed by atoms with Crippen molar-refractivity contribution in [3.63, 3.8) is 0 Å². The molecule has 0 saturated heterocycles. The normalized spacial score (nSPS) is 15.9. The van der Waals surface area contributed by atoms with Crippen LogP contribution in [0.2, 0.25) is 0 Å². The topological polar surface area (TPSA) is 104 Å². The summed E-state index contributed by atoms with van der Waals surface area (Å²) in [6.07, 6.45) is 2.50. The lowest BCUT2D eigenvalue weighted by molar-refractivity contribution is -0.169. The summed E-state index contributed by atoms with van der Waals surface area (Å²) in [5.41, 5.74) is -0.0427. The molecule has 1 aromatic heterocycles. The lowest BCUT2D eigenvalue weighted by Gasteiger charge is -2.12. The number of nitrogens with zero attached hydrogens (tertiary/aromatic N) is 4. The molecule has 3 heterocycles. The average Bonchev–Trinajstić information content (AvgIpc) is 3.06. The minimum Gasteiger partial charge on any atom is -0.328 e. The van der Waals surface area contributed by atoms with E-state index in [4.69, 9.17) is 4.84 Å². The molecule has 0 spiro atoms. The summed E-state index contributed by atoms with van der Waals surface area (Å²) >= 11 is 0. The molecule has 9 heteroatoms. The number of amides is 2. The van der Waals surface area contributed by atoms with E-state index in [0.717, 1.165) is 17.5 Å². The van der Waals surface area contributed by atoms with Crippen molar-refractivity contribution in [2.45, 2.75) is 32.4 Å². The van der Waals surface area contributed by atoms with E-state index in [-0.39, 0.29) is 11.1 Å². The molecule has 2 aliphatic heterocycles. The summed E-state index contributed by atoms with van der Waals surface area (Å²) in [5, 5.41) is 4.54. The molecule has 1 aromatic carbocycles. The standard InChI is InChI=1S/C16H14N4O5/c21-13(9-19-16(24)18-8-4-3-7-12(18)17-19)25-20-14(22)10-5-1-2-6-11(10)15(20)23/h1-2,5-6H,3-4,7-9H2. The van der Waals surface area contributed by atoms with Crippen molar-refractivity contribution in [3.8, 4) is 0 Å². The zero-order valence-electron chi connectivity index (χ0n) is 13.2. The summed E-state index contributed by atoms with van der Waals surface area (Å²) in [6, 6.07) is 6.20. The second kappa shape index (κ2) is 5.69. The molecule has 0 bridgehead atoms. The molecule has 4 rings (SSSR count). The van der Waals surface area contributed by atoms with Crippen molar-refractivity contribution in [3.05, 3.63) is 51.7 Å². The predicted molar refractivity (Wildman–Crippen MR) is 82.5 cm³/mol. The van der Waals surface area contributed by atoms with E-state index in [0.29, 0.717) is 23.9 Å². The highest BCUT2D eigenvalue weighted by Crippen LogP contribution is 2.22. The van der Waals surface area contributed by atoms with Crippen molar-refractivity contribution < 1.29 is 19.2 Å². The quantitative estimate of drug-likeness (QED) is 0.735. The van der Waals surface area contributed by atoms with Gasteiger partial charge in [-0.2, -0.15) is 5.10 Å². The van der Waals surface area contributed by atoms with Crippen molar-refractivity contribution in [2.24, 2.45) is 0 Å². The van der Waals surface area contributed by atoms with Crippen LogP contribution in [0.1, 0.15) is 39.4 Å². The lowest BCUT2D eigenvalue weighted by Crippen LogP contribution is -2.36. The molecule has 0 fully saturated rings. The summed E-state index contributed by atoms with van der Waals surface area (Å²) in [4.78, 5) is 53.5. The van der Waals surface area contributed by atoms with Gasteiger partial charge in [0, 0.05) is 13.0 Å². The molecule has 0 unspecified atom stereocenters. The van der Waals surface area contributed by atoms with Crippen LogP contribution >= 0.6 is 0 Å². The Morgan fingerprint density at radius 1 is 1.08 bits per heavy atom. The van der Waals surface area contributed by atoms with E-state index in [2.05, 4.69) is 5.10 Å². The largest absolute Gasteiger partial charge is 0.354 e. The summed E-state index contributed by atoms with van der Waals surface area (Å²) in [7, 11) is 0. The minimum atomic E-state index is -0.910. The maximum Gasteiger partial charge on any atom is 0.354 e. The fraction of sp³-hybridized carbons (Fsp3) is 0.312. The molecular weight excluding hydrogens is 328 g/mol. The van der Waals surface area contributed by atoms with E-state index < -0.39 is 30.0 Å². The van der Waals surface area contributed by atoms with Crippen molar-refractivity contribution in [2.75, 3.05) is 0 Å². The highest BCUT2D eigenvalue weighted by Gasteiger charge is 2.38. The molecule has 0 aliphatic carbocycles. The van der Waals surface area contributed by atoms with Gasteiger partial charge in [-0.05, 0) is 25.0 Å². The van der Waals surface area contributed by atoms with Gasteiger partial charge >= 0.3 is 11.7 Å². The number of imide groups is 1. The Labute approximate surface area is 141 Å². The van der Waals surface area contributed by atoms with E-state index in [1.807, 2.05) is 0 Å². The molecule has 25 heavy (non-hydrogen) atoms. The van der Waals surface area contributed by atoms with Crippen LogP contribution in [-0.4, -0.2) is 37.2 Å². The number of carbonyl (C=O) groups is 3. The van der Waals surface area contributed by atoms with E-state index >= 15 is 0 Å². The summed E-state index contributed by atoms with van der Waals surface area (Å²) in [6.45, 7) is 0.105. The maximum absolute atomic E-state index is 12.2. The molecule has 2 amide bonds. The molecule has 0 saturated carbocycles. The van der Waals surface area contributed by atoms with Crippen LogP contribution in [0.5, 0.6) is 0 Å². The zero-order valence-corrected chi connectivity index (χ0v) is 13.2. The molecular formula is C16H14N4O5. The Bertz CT molecular complexity index is 923. The number of benzene rings is 1. The van der Waals surface area contributed by atoms with Gasteiger partial charge in [-0.15, -0.1) is 0 Å². The first kappa shape index (κ1) is 15.3. The monoisotopic (exact) mass is 342 g/mol. The second-order valence-corrected chi connectivity index (χ2v) is 5.88. The van der Waals surface area contributed by atoms with Gasteiger partial charge in [0.25, 0.3) is 11.8 Å². The van der Waals surface area contributed by atoms with Crippen LogP contribution < -0.4 is 5.69 Å². The first-order chi connectivity index (χ1) is 12.1. The van der Waals surface area contributed by atoms with Gasteiger partial charge in [-0.1, -0.05) is 17.2 Å². The predicted octanol–water partition coefficient (Wildman–Crippen LogP) is 0.135. The highest BCUT2D eigenvalue weighted by atomic mass is 16.7. The maximum atomic E-state index is 12.2. The molecule has 0 N–H and O–H groups in total. The van der Waals surface area contributed by atoms with Crippen molar-refractivity contribution in [1.82, 2.24) is 19.4 Å². The summed E-state index contributed by atoms with van der Waals surface area (Å²) in [5.74, 6) is -1.69. The SMILES string of the molecule is O=C(Cn1nc2n(c1=O)CCCC2)ON1C(=O)c2ccccc2C1=O. The molecule has 2 aromatic rings. The molecule has 2 aliphatic rings. The number of fused-ring (bicyclic) bond motifs is 2. The molecule has 9 nitrogen and oxygen atoms in total. The first-order valence-corrected chi connectivity index (χ1v) is 7.91. The van der Waals surface area contributed by atoms with Crippen LogP contribution in [0.3, 0.4) is 0 Å². The van der Waals surface area contributed by atoms with Crippen molar-refractivity contribution >= 4 is 17.8 Å². The van der Waals surface area contributed by atoms with E-state index in [9.17, 15) is 19.2 Å². The fourth-order valence-corrected chi connectivity index (χ4v) is 3.05. The van der Waals surface area contributed by atoms with Gasteiger partial charge in [-0.25, -0.2) is 14.3 Å². The molecule has 0 atom stereocenters. The highest BCUT2D eigenvalue weighted by molar-refractivity contribution is 6.20. The van der Waals surface area contributed by atoms with Crippen molar-refractivity contribution in [1.29, 1.82) is 0 Å². The van der Waals surface area contributed by atoms with Crippen LogP contribution in [0.4, 0.5) is 0 Å². The third-order valence-electron chi connectivity index (χ3n) is 4.26. The van der Waals surface area contributed by atoms with Crippen LogP contribution in [0, 0.1) is 0 Å². The summed E-state index contributed by atoms with van der Waals surface area (Å²) < 4.78 is 2.53. The van der Waals surface area contributed by atoms with Gasteiger partial charge in [0.2, 0.25) is 0 Å². The smallest absolute Gasteiger partial charge is 0.328 e. The number of rotatable bonds is 3. The third kappa shape index (κ3) is 2.44. The van der Waals surface area contributed by atoms with Crippen LogP contribution in [-0.2, 0) is 29.1 Å². The number of hydrogen-bond acceptors (Lipinski definition) is 6. The van der Waals surface area contributed by atoms with Gasteiger partial charge < -0.3 is 4.84 Å². The van der Waals surface area contributed by atoms with Crippen LogP contribution in [0.25, 0.3) is 0 Å². The Morgan fingerprint density at radius 3 is 2.40 bits per heavy atom. The van der Waals surface area contributed by atoms with E-state index in [1.54, 1.807) is 12.1 Å².